The van der Waals surface area contributed by atoms with Gasteiger partial charge in [-0.2, -0.15) is 0 Å². The van der Waals surface area contributed by atoms with Crippen LogP contribution in [0.5, 0.6) is 5.75 Å². The normalized spacial score (nSPS) is 9.93. The summed E-state index contributed by atoms with van der Waals surface area (Å²) >= 11 is 5.62. The number of ether oxygens (including phenoxy) is 1. The van der Waals surface area contributed by atoms with Crippen LogP contribution in [-0.2, 0) is 4.79 Å². The van der Waals surface area contributed by atoms with Crippen LogP contribution in [0.15, 0.2) is 18.2 Å². The quantitative estimate of drug-likeness (QED) is 0.832. The van der Waals surface area contributed by atoms with E-state index in [4.69, 9.17) is 21.4 Å². The van der Waals surface area contributed by atoms with E-state index >= 15 is 0 Å². The molecule has 0 unspecified atom stereocenters. The largest absolute Gasteiger partial charge is 0.484 e. The number of aliphatic hydroxyl groups excluding tert-OH is 1. The zero-order valence-corrected chi connectivity index (χ0v) is 7.92. The molecule has 0 amide bonds. The van der Waals surface area contributed by atoms with Gasteiger partial charge >= 0.3 is 0 Å². The summed E-state index contributed by atoms with van der Waals surface area (Å²) in [6, 6.07) is 3.58. The summed E-state index contributed by atoms with van der Waals surface area (Å²) in [7, 11) is 0. The number of Topliss-reactive ketones (excluding diaryl/α,β-unsaturated/α-hetero) is 1. The fraction of sp³-hybridized carbons (Fsp3) is 0.222. The second-order valence-corrected chi connectivity index (χ2v) is 2.97. The number of carbonyl (C=O) groups is 1. The van der Waals surface area contributed by atoms with Crippen LogP contribution in [0.3, 0.4) is 0 Å². The average molecular weight is 219 g/mol. The zero-order valence-electron chi connectivity index (χ0n) is 7.17. The minimum Gasteiger partial charge on any atom is -0.484 e. The molecule has 1 N–H and O–H groups in total. The fourth-order valence-electron chi connectivity index (χ4n) is 0.796. The van der Waals surface area contributed by atoms with Gasteiger partial charge < -0.3 is 9.84 Å². The highest BCUT2D eigenvalue weighted by atomic mass is 35.5. The van der Waals surface area contributed by atoms with E-state index in [-0.39, 0.29) is 17.4 Å². The molecule has 0 aromatic heterocycles. The Morgan fingerprint density at radius 2 is 2.29 bits per heavy atom. The zero-order chi connectivity index (χ0) is 10.6. The summed E-state index contributed by atoms with van der Waals surface area (Å²) in [5.41, 5.74) is 0. The van der Waals surface area contributed by atoms with E-state index in [0.717, 1.165) is 6.07 Å². The number of rotatable bonds is 4. The smallest absolute Gasteiger partial charge is 0.195 e. The molecule has 5 heteroatoms. The van der Waals surface area contributed by atoms with Crippen LogP contribution < -0.4 is 4.74 Å². The molecule has 1 rings (SSSR count). The van der Waals surface area contributed by atoms with Gasteiger partial charge in [-0.25, -0.2) is 4.39 Å². The van der Waals surface area contributed by atoms with E-state index < -0.39 is 18.2 Å². The second kappa shape index (κ2) is 4.93. The van der Waals surface area contributed by atoms with Crippen molar-refractivity contribution < 1.29 is 19.0 Å². The molecule has 0 spiro atoms. The van der Waals surface area contributed by atoms with E-state index in [1.165, 1.54) is 12.1 Å². The van der Waals surface area contributed by atoms with Crippen molar-refractivity contribution in [3.63, 3.8) is 0 Å². The lowest BCUT2D eigenvalue weighted by Crippen LogP contribution is -2.14. The van der Waals surface area contributed by atoms with Crippen molar-refractivity contribution in [3.05, 3.63) is 29.0 Å². The maximum absolute atomic E-state index is 12.6. The van der Waals surface area contributed by atoms with Crippen LogP contribution in [0.4, 0.5) is 4.39 Å². The van der Waals surface area contributed by atoms with Crippen LogP contribution >= 0.6 is 11.6 Å². The molecule has 0 heterocycles. The highest BCUT2D eigenvalue weighted by molar-refractivity contribution is 6.32. The van der Waals surface area contributed by atoms with Crippen LogP contribution in [-0.4, -0.2) is 24.1 Å². The maximum Gasteiger partial charge on any atom is 0.195 e. The van der Waals surface area contributed by atoms with Crippen molar-refractivity contribution in [2.45, 2.75) is 0 Å². The predicted molar refractivity (Wildman–Crippen MR) is 49.0 cm³/mol. The molecule has 1 aromatic carbocycles. The lowest BCUT2D eigenvalue weighted by Gasteiger charge is -2.05. The van der Waals surface area contributed by atoms with E-state index in [2.05, 4.69) is 0 Å². The van der Waals surface area contributed by atoms with E-state index in [0.29, 0.717) is 0 Å². The number of aliphatic hydroxyl groups is 1. The van der Waals surface area contributed by atoms with E-state index in [1.54, 1.807) is 0 Å². The van der Waals surface area contributed by atoms with Gasteiger partial charge in [0, 0.05) is 0 Å². The van der Waals surface area contributed by atoms with Crippen LogP contribution in [0.1, 0.15) is 0 Å². The van der Waals surface area contributed by atoms with Crippen LogP contribution in [0, 0.1) is 5.82 Å². The van der Waals surface area contributed by atoms with Gasteiger partial charge in [-0.1, -0.05) is 11.6 Å². The summed E-state index contributed by atoms with van der Waals surface area (Å²) < 4.78 is 17.5. The first-order valence-electron chi connectivity index (χ1n) is 3.84. The molecule has 14 heavy (non-hydrogen) atoms. The number of hydrogen-bond donors (Lipinski definition) is 1. The molecule has 0 aliphatic heterocycles. The highest BCUT2D eigenvalue weighted by Gasteiger charge is 2.05. The van der Waals surface area contributed by atoms with Gasteiger partial charge in [0.25, 0.3) is 0 Å². The molecule has 0 radical (unpaired) electrons. The van der Waals surface area contributed by atoms with Gasteiger partial charge in [0.15, 0.2) is 5.78 Å². The SMILES string of the molecule is O=C(CO)COc1ccc(F)cc1Cl. The third kappa shape index (κ3) is 2.97. The first-order valence-corrected chi connectivity index (χ1v) is 4.21. The number of hydrogen-bond acceptors (Lipinski definition) is 3. The number of halogens is 2. The Hall–Kier alpha value is -1.13. The van der Waals surface area contributed by atoms with Gasteiger partial charge in [-0.3, -0.25) is 4.79 Å². The Balaban J connectivity index is 2.63. The van der Waals surface area contributed by atoms with Gasteiger partial charge in [-0.05, 0) is 18.2 Å². The van der Waals surface area contributed by atoms with E-state index in [9.17, 15) is 9.18 Å². The fourth-order valence-corrected chi connectivity index (χ4v) is 1.02. The molecular weight excluding hydrogens is 211 g/mol. The average Bonchev–Trinajstić information content (AvgIpc) is 2.16. The third-order valence-electron chi connectivity index (χ3n) is 1.46. The summed E-state index contributed by atoms with van der Waals surface area (Å²) in [4.78, 5) is 10.7. The first-order chi connectivity index (χ1) is 6.63. The van der Waals surface area contributed by atoms with Crippen molar-refractivity contribution in [1.29, 1.82) is 0 Å². The van der Waals surface area contributed by atoms with Gasteiger partial charge in [0.05, 0.1) is 5.02 Å². The number of ketones is 1. The van der Waals surface area contributed by atoms with Crippen molar-refractivity contribution in [3.8, 4) is 5.75 Å². The summed E-state index contributed by atoms with van der Waals surface area (Å²) in [6.07, 6.45) is 0. The molecule has 3 nitrogen and oxygen atoms in total. The Bertz CT molecular complexity index is 341. The van der Waals surface area contributed by atoms with Crippen LogP contribution in [0.25, 0.3) is 0 Å². The van der Waals surface area contributed by atoms with Crippen LogP contribution in [0.2, 0.25) is 5.02 Å². The topological polar surface area (TPSA) is 46.5 Å². The lowest BCUT2D eigenvalue weighted by molar-refractivity contribution is -0.123. The molecule has 0 fully saturated rings. The molecular formula is C9H8ClFO3. The Kier molecular flexibility index (Phi) is 3.85. The van der Waals surface area contributed by atoms with Crippen molar-refractivity contribution in [2.24, 2.45) is 0 Å². The van der Waals surface area contributed by atoms with Gasteiger partial charge in [-0.15, -0.1) is 0 Å². The predicted octanol–water partition coefficient (Wildman–Crippen LogP) is 1.42. The molecule has 0 atom stereocenters. The molecule has 0 aliphatic carbocycles. The Labute approximate surface area is 85.1 Å². The first kappa shape index (κ1) is 10.9. The van der Waals surface area contributed by atoms with Gasteiger partial charge in [0.1, 0.15) is 24.8 Å². The minimum atomic E-state index is -0.585. The molecule has 0 aliphatic rings. The minimum absolute atomic E-state index is 0.0933. The molecule has 0 saturated carbocycles. The van der Waals surface area contributed by atoms with Crippen molar-refractivity contribution in [1.82, 2.24) is 0 Å². The maximum atomic E-state index is 12.6. The molecule has 0 bridgehead atoms. The monoisotopic (exact) mass is 218 g/mol. The summed E-state index contributed by atoms with van der Waals surface area (Å²) in [5, 5.41) is 8.50. The number of carbonyl (C=O) groups excluding carboxylic acids is 1. The molecule has 76 valence electrons. The summed E-state index contributed by atoms with van der Waals surface area (Å²) in [5.74, 6) is -0.726. The Morgan fingerprint density at radius 3 is 2.86 bits per heavy atom. The summed E-state index contributed by atoms with van der Waals surface area (Å²) in [6.45, 7) is -0.860. The molecule has 1 aromatic rings. The third-order valence-corrected chi connectivity index (χ3v) is 1.75. The van der Waals surface area contributed by atoms with Gasteiger partial charge in [0.2, 0.25) is 0 Å². The van der Waals surface area contributed by atoms with Crippen molar-refractivity contribution >= 4 is 17.4 Å². The lowest BCUT2D eigenvalue weighted by atomic mass is 10.3. The standard InChI is InChI=1S/C9H8ClFO3/c10-8-3-6(11)1-2-9(8)14-5-7(13)4-12/h1-3,12H,4-5H2. The van der Waals surface area contributed by atoms with Crippen molar-refractivity contribution in [2.75, 3.05) is 13.2 Å². The van der Waals surface area contributed by atoms with E-state index in [1.807, 2.05) is 0 Å². The second-order valence-electron chi connectivity index (χ2n) is 2.56. The number of benzene rings is 1. The Morgan fingerprint density at radius 1 is 1.57 bits per heavy atom. The molecule has 0 saturated heterocycles. The highest BCUT2D eigenvalue weighted by Crippen LogP contribution is 2.24.